The number of hydrogen-bond acceptors (Lipinski definition) is 11. The molecule has 0 amide bonds. The third kappa shape index (κ3) is 6.68. The van der Waals surface area contributed by atoms with Crippen molar-refractivity contribution >= 4 is 80.5 Å². The molecule has 1 unspecified atom stereocenters. The van der Waals surface area contributed by atoms with Crippen LogP contribution < -0.4 is 25.7 Å². The van der Waals surface area contributed by atoms with Gasteiger partial charge in [-0.3, -0.25) is 9.53 Å². The molecule has 1 aromatic carbocycles. The predicted octanol–water partition coefficient (Wildman–Crippen LogP) is 5.07. The standard InChI is InChI=1S/C26H31ClN9OPS2/c1-17(2)40(37)21-15-18(38(3)4)8-9-20(21)30-23-19(27)16-29-24(31-23)32-25-33-34-26(39-25)36-13-11-35(12-14-36)22-7-5-6-10-28-22/h5-10,15-17H,11-14H2,1-4H3,(H2,29,30,31,32,33). The highest BCUT2D eigenvalue weighted by Crippen LogP contribution is 2.33. The van der Waals surface area contributed by atoms with Gasteiger partial charge in [-0.05, 0) is 42.9 Å². The Morgan fingerprint density at radius 3 is 2.50 bits per heavy atom. The number of piperazine rings is 1. The van der Waals surface area contributed by atoms with Crippen molar-refractivity contribution in [3.05, 3.63) is 53.8 Å². The van der Waals surface area contributed by atoms with E-state index in [0.29, 0.717) is 27.6 Å². The molecule has 1 fully saturated rings. The number of hydrogen-bond donors (Lipinski definition) is 2. The first-order valence-electron chi connectivity index (χ1n) is 12.8. The largest absolute Gasteiger partial charge is 0.353 e. The number of nitrogens with zero attached hydrogens (tertiary/aromatic N) is 7. The Hall–Kier alpha value is -2.92. The lowest BCUT2D eigenvalue weighted by molar-refractivity contribution is 0.644. The lowest BCUT2D eigenvalue weighted by Gasteiger charge is -2.34. The van der Waals surface area contributed by atoms with Crippen LogP contribution >= 0.6 is 30.9 Å². The molecule has 0 radical (unpaired) electrons. The number of rotatable bonds is 9. The van der Waals surface area contributed by atoms with Crippen molar-refractivity contribution in [1.82, 2.24) is 25.1 Å². The number of benzene rings is 1. The summed E-state index contributed by atoms with van der Waals surface area (Å²) in [6, 6.07) is 12.0. The third-order valence-electron chi connectivity index (χ3n) is 6.28. The molecule has 1 saturated heterocycles. The summed E-state index contributed by atoms with van der Waals surface area (Å²) in [5.74, 6) is 1.74. The van der Waals surface area contributed by atoms with Crippen LogP contribution in [-0.2, 0) is 10.8 Å². The zero-order valence-electron chi connectivity index (χ0n) is 22.7. The van der Waals surface area contributed by atoms with E-state index in [1.165, 1.54) is 22.8 Å². The summed E-state index contributed by atoms with van der Waals surface area (Å²) in [6.07, 6.45) is 3.35. The van der Waals surface area contributed by atoms with Crippen LogP contribution in [0.4, 0.5) is 33.5 Å². The van der Waals surface area contributed by atoms with Gasteiger partial charge in [0.25, 0.3) is 0 Å². The van der Waals surface area contributed by atoms with Gasteiger partial charge in [0, 0.05) is 37.6 Å². The lowest BCUT2D eigenvalue weighted by atomic mass is 10.3. The van der Waals surface area contributed by atoms with Crippen LogP contribution in [0, 0.1) is 0 Å². The molecule has 14 heteroatoms. The van der Waals surface area contributed by atoms with Gasteiger partial charge < -0.3 is 15.1 Å². The minimum absolute atomic E-state index is 0.0292. The van der Waals surface area contributed by atoms with Crippen molar-refractivity contribution in [1.29, 1.82) is 0 Å². The zero-order valence-corrected chi connectivity index (χ0v) is 26.0. The topological polar surface area (TPSA) is 112 Å². The van der Waals surface area contributed by atoms with E-state index < -0.39 is 10.8 Å². The molecule has 3 aromatic heterocycles. The molecule has 5 rings (SSSR count). The zero-order chi connectivity index (χ0) is 28.2. The molecule has 1 aliphatic heterocycles. The number of pyridine rings is 1. The molecule has 1 atom stereocenters. The Kier molecular flexibility index (Phi) is 9.10. The van der Waals surface area contributed by atoms with Gasteiger partial charge in [0.1, 0.15) is 10.8 Å². The van der Waals surface area contributed by atoms with Crippen molar-refractivity contribution in [3.8, 4) is 0 Å². The minimum atomic E-state index is -1.19. The minimum Gasteiger partial charge on any atom is -0.353 e. The molecular formula is C26H31ClN9OPS2. The molecule has 0 aliphatic carbocycles. The first-order valence-corrected chi connectivity index (χ1v) is 17.5. The second kappa shape index (κ2) is 12.7. The molecule has 4 heterocycles. The molecule has 0 spiro atoms. The number of aromatic nitrogens is 5. The maximum Gasteiger partial charge on any atom is 0.231 e. The Labute approximate surface area is 246 Å². The summed E-state index contributed by atoms with van der Waals surface area (Å²) in [5.41, 5.74) is 0.710. The van der Waals surface area contributed by atoms with Crippen molar-refractivity contribution < 1.29 is 4.21 Å². The van der Waals surface area contributed by atoms with Gasteiger partial charge in [0.05, 0.1) is 27.6 Å². The van der Waals surface area contributed by atoms with Crippen LogP contribution in [0.2, 0.25) is 5.02 Å². The highest BCUT2D eigenvalue weighted by molar-refractivity contribution is 7.85. The Bertz CT molecular complexity index is 1480. The predicted molar refractivity (Wildman–Crippen MR) is 169 cm³/mol. The first kappa shape index (κ1) is 28.6. The van der Waals surface area contributed by atoms with Crippen LogP contribution in [0.25, 0.3) is 0 Å². The summed E-state index contributed by atoms with van der Waals surface area (Å²) < 4.78 is 13.1. The van der Waals surface area contributed by atoms with Gasteiger partial charge in [-0.2, -0.15) is 4.98 Å². The summed E-state index contributed by atoms with van der Waals surface area (Å²) in [5, 5.41) is 18.0. The van der Waals surface area contributed by atoms with E-state index in [0.717, 1.165) is 42.0 Å². The fourth-order valence-electron chi connectivity index (χ4n) is 4.11. The van der Waals surface area contributed by atoms with E-state index in [1.54, 1.807) is 0 Å². The second-order valence-electron chi connectivity index (χ2n) is 9.61. The number of nitrogens with one attached hydrogen (secondary N) is 2. The third-order valence-corrected chi connectivity index (χ3v) is 10.4. The van der Waals surface area contributed by atoms with Gasteiger partial charge >= 0.3 is 0 Å². The Balaban J connectivity index is 1.28. The van der Waals surface area contributed by atoms with Gasteiger partial charge in [-0.15, -0.1) is 10.2 Å². The first-order chi connectivity index (χ1) is 19.3. The van der Waals surface area contributed by atoms with Gasteiger partial charge in [0.15, 0.2) is 5.82 Å². The van der Waals surface area contributed by atoms with E-state index >= 15 is 0 Å². The van der Waals surface area contributed by atoms with Gasteiger partial charge in [-0.25, -0.2) is 9.97 Å². The number of halogens is 1. The van der Waals surface area contributed by atoms with E-state index in [-0.39, 0.29) is 13.2 Å². The maximum atomic E-state index is 13.1. The molecule has 10 nitrogen and oxygen atoms in total. The van der Waals surface area contributed by atoms with Crippen molar-refractivity contribution in [2.24, 2.45) is 0 Å². The van der Waals surface area contributed by atoms with Crippen LogP contribution in [0.5, 0.6) is 0 Å². The summed E-state index contributed by atoms with van der Waals surface area (Å²) in [6.45, 7) is 11.6. The van der Waals surface area contributed by atoms with E-state index in [4.69, 9.17) is 11.6 Å². The molecule has 1 aliphatic rings. The van der Waals surface area contributed by atoms with Crippen molar-refractivity contribution in [2.75, 3.05) is 59.9 Å². The summed E-state index contributed by atoms with van der Waals surface area (Å²) in [7, 11) is -1.51. The van der Waals surface area contributed by atoms with E-state index in [1.807, 2.05) is 50.4 Å². The molecular weight excluding hydrogens is 585 g/mol. The average Bonchev–Trinajstić information content (AvgIpc) is 3.43. The van der Waals surface area contributed by atoms with E-state index in [2.05, 4.69) is 65.0 Å². The highest BCUT2D eigenvalue weighted by Gasteiger charge is 2.22. The van der Waals surface area contributed by atoms with Crippen LogP contribution in [-0.4, -0.2) is 74.1 Å². The quantitative estimate of drug-likeness (QED) is 0.247. The van der Waals surface area contributed by atoms with Gasteiger partial charge in [0.2, 0.25) is 16.2 Å². The highest BCUT2D eigenvalue weighted by atomic mass is 35.5. The van der Waals surface area contributed by atoms with Crippen LogP contribution in [0.15, 0.2) is 53.7 Å². The summed E-state index contributed by atoms with van der Waals surface area (Å²) >= 11 is 7.90. The molecule has 4 aromatic rings. The Morgan fingerprint density at radius 1 is 1.02 bits per heavy atom. The SMILES string of the molecule is CC(C)S(=O)c1cc(P(C)C)ccc1Nc1nc(Nc2nnc(N3CCN(c4ccccn4)CC3)s2)ncc1Cl. The number of anilines is 6. The molecule has 210 valence electrons. The lowest BCUT2D eigenvalue weighted by Crippen LogP contribution is -2.46. The van der Waals surface area contributed by atoms with Crippen molar-refractivity contribution in [2.45, 2.75) is 24.0 Å². The van der Waals surface area contributed by atoms with Crippen LogP contribution in [0.1, 0.15) is 13.8 Å². The molecule has 40 heavy (non-hydrogen) atoms. The second-order valence-corrected chi connectivity index (χ2v) is 15.3. The summed E-state index contributed by atoms with van der Waals surface area (Å²) in [4.78, 5) is 18.6. The normalized spacial score (nSPS) is 14.6. The van der Waals surface area contributed by atoms with Gasteiger partial charge in [-0.1, -0.05) is 56.8 Å². The monoisotopic (exact) mass is 615 g/mol. The van der Waals surface area contributed by atoms with Crippen molar-refractivity contribution in [3.63, 3.8) is 0 Å². The molecule has 0 bridgehead atoms. The fraction of sp³-hybridized carbons (Fsp3) is 0.346. The maximum absolute atomic E-state index is 13.1. The average molecular weight is 616 g/mol. The molecule has 0 saturated carbocycles. The fourth-order valence-corrected chi connectivity index (χ4v) is 6.98. The van der Waals surface area contributed by atoms with E-state index in [9.17, 15) is 4.21 Å². The smallest absolute Gasteiger partial charge is 0.231 e. The molecule has 2 N–H and O–H groups in total. The Morgan fingerprint density at radius 2 is 1.80 bits per heavy atom. The van der Waals surface area contributed by atoms with Crippen LogP contribution in [0.3, 0.4) is 0 Å².